The zero-order valence-electron chi connectivity index (χ0n) is 9.04. The molecule has 1 aliphatic carbocycles. The van der Waals surface area contributed by atoms with E-state index in [-0.39, 0.29) is 0 Å². The lowest BCUT2D eigenvalue weighted by molar-refractivity contribution is 0.165. The Balaban J connectivity index is 1.52. The van der Waals surface area contributed by atoms with E-state index in [4.69, 9.17) is 0 Å². The van der Waals surface area contributed by atoms with Gasteiger partial charge in [0, 0.05) is 19.1 Å². The Morgan fingerprint density at radius 1 is 1.07 bits per heavy atom. The number of rotatable bonds is 2. The molecule has 2 aliphatic heterocycles. The molecule has 3 rings (SSSR count). The minimum Gasteiger partial charge on any atom is -0.317 e. The fraction of sp³-hybridized carbons (Fsp3) is 1.00. The molecule has 0 radical (unpaired) electrons. The predicted molar refractivity (Wildman–Crippen MR) is 58.3 cm³/mol. The van der Waals surface area contributed by atoms with Gasteiger partial charge in [-0.2, -0.15) is 0 Å². The number of hydrogen-bond donors (Lipinski definition) is 1. The number of piperidine rings is 2. The maximum atomic E-state index is 3.46. The quantitative estimate of drug-likeness (QED) is 0.716. The summed E-state index contributed by atoms with van der Waals surface area (Å²) in [5.74, 6) is 2.07. The molecule has 14 heavy (non-hydrogen) atoms. The molecule has 80 valence electrons. The van der Waals surface area contributed by atoms with Crippen LogP contribution < -0.4 is 5.32 Å². The van der Waals surface area contributed by atoms with Gasteiger partial charge in [0.2, 0.25) is 0 Å². The summed E-state index contributed by atoms with van der Waals surface area (Å²) < 4.78 is 0. The Morgan fingerprint density at radius 3 is 2.57 bits per heavy atom. The first-order chi connectivity index (χ1) is 6.92. The highest BCUT2D eigenvalue weighted by Gasteiger charge is 2.38. The Labute approximate surface area is 87.0 Å². The van der Waals surface area contributed by atoms with Crippen LogP contribution in [0.5, 0.6) is 0 Å². The topological polar surface area (TPSA) is 15.3 Å². The van der Waals surface area contributed by atoms with Crippen LogP contribution >= 0.6 is 0 Å². The van der Waals surface area contributed by atoms with Crippen LogP contribution in [0.25, 0.3) is 0 Å². The second-order valence-corrected chi connectivity index (χ2v) is 5.48. The van der Waals surface area contributed by atoms with E-state index in [2.05, 4.69) is 10.2 Å². The highest BCUT2D eigenvalue weighted by molar-refractivity contribution is 4.93. The van der Waals surface area contributed by atoms with Crippen molar-refractivity contribution >= 4 is 0 Å². The fourth-order valence-electron chi connectivity index (χ4n) is 3.65. The fourth-order valence-corrected chi connectivity index (χ4v) is 3.65. The molecule has 2 nitrogen and oxygen atoms in total. The van der Waals surface area contributed by atoms with Crippen molar-refractivity contribution in [2.45, 2.75) is 38.1 Å². The van der Waals surface area contributed by atoms with E-state index in [1.54, 1.807) is 0 Å². The van der Waals surface area contributed by atoms with Crippen molar-refractivity contribution in [1.82, 2.24) is 10.2 Å². The van der Waals surface area contributed by atoms with Crippen molar-refractivity contribution in [2.24, 2.45) is 11.8 Å². The van der Waals surface area contributed by atoms with Gasteiger partial charge >= 0.3 is 0 Å². The van der Waals surface area contributed by atoms with Gasteiger partial charge in [-0.3, -0.25) is 4.90 Å². The summed E-state index contributed by atoms with van der Waals surface area (Å²) in [4.78, 5) is 2.80. The van der Waals surface area contributed by atoms with Crippen molar-refractivity contribution in [3.63, 3.8) is 0 Å². The van der Waals surface area contributed by atoms with Gasteiger partial charge in [-0.1, -0.05) is 0 Å². The van der Waals surface area contributed by atoms with Crippen LogP contribution in [0.4, 0.5) is 0 Å². The van der Waals surface area contributed by atoms with E-state index in [1.165, 1.54) is 58.3 Å². The third-order valence-corrected chi connectivity index (χ3v) is 4.47. The summed E-state index contributed by atoms with van der Waals surface area (Å²) in [7, 11) is 0. The van der Waals surface area contributed by atoms with E-state index >= 15 is 0 Å². The molecule has 0 aromatic rings. The van der Waals surface area contributed by atoms with Gasteiger partial charge in [0.15, 0.2) is 0 Å². The Morgan fingerprint density at radius 2 is 1.93 bits per heavy atom. The van der Waals surface area contributed by atoms with Crippen LogP contribution in [0.1, 0.15) is 32.1 Å². The average molecular weight is 194 g/mol. The normalized spacial score (nSPS) is 39.4. The van der Waals surface area contributed by atoms with Crippen molar-refractivity contribution in [2.75, 3.05) is 26.2 Å². The second kappa shape index (κ2) is 3.82. The molecule has 0 spiro atoms. The maximum Gasteiger partial charge on any atom is 0.00987 e. The van der Waals surface area contributed by atoms with Crippen molar-refractivity contribution in [1.29, 1.82) is 0 Å². The number of nitrogens with one attached hydrogen (secondary N) is 1. The van der Waals surface area contributed by atoms with E-state index in [1.807, 2.05) is 0 Å². The molecule has 2 unspecified atom stereocenters. The van der Waals surface area contributed by atoms with E-state index < -0.39 is 0 Å². The van der Waals surface area contributed by atoms with E-state index in [0.717, 1.165) is 17.9 Å². The van der Waals surface area contributed by atoms with Crippen LogP contribution in [0.2, 0.25) is 0 Å². The Bertz CT molecular complexity index is 198. The third kappa shape index (κ3) is 1.70. The first kappa shape index (κ1) is 9.17. The lowest BCUT2D eigenvalue weighted by atomic mass is 9.96. The molecule has 1 saturated carbocycles. The van der Waals surface area contributed by atoms with Gasteiger partial charge < -0.3 is 5.32 Å². The summed E-state index contributed by atoms with van der Waals surface area (Å²) in [5.41, 5.74) is 0. The standard InChI is InChI=1S/C12H22N2/c1-2-12-7-11(1)9-14(12)8-10-3-5-13-6-4-10/h10-13H,1-9H2. The summed E-state index contributed by atoms with van der Waals surface area (Å²) in [6.07, 6.45) is 7.36. The van der Waals surface area contributed by atoms with Crippen LogP contribution in [-0.4, -0.2) is 37.1 Å². The molecule has 1 N–H and O–H groups in total. The lowest BCUT2D eigenvalue weighted by Gasteiger charge is -2.32. The Kier molecular flexibility index (Phi) is 2.50. The van der Waals surface area contributed by atoms with Gasteiger partial charge in [-0.15, -0.1) is 0 Å². The highest BCUT2D eigenvalue weighted by Crippen LogP contribution is 2.38. The number of likely N-dealkylation sites (tertiary alicyclic amines) is 1. The number of hydrogen-bond acceptors (Lipinski definition) is 2. The minimum absolute atomic E-state index is 0.981. The third-order valence-electron chi connectivity index (χ3n) is 4.47. The van der Waals surface area contributed by atoms with Crippen molar-refractivity contribution < 1.29 is 0 Å². The molecular formula is C12H22N2. The van der Waals surface area contributed by atoms with Gasteiger partial charge in [-0.05, 0) is 57.0 Å². The second-order valence-electron chi connectivity index (χ2n) is 5.48. The molecular weight excluding hydrogens is 172 g/mol. The largest absolute Gasteiger partial charge is 0.317 e. The number of nitrogens with zero attached hydrogens (tertiary/aromatic N) is 1. The summed E-state index contributed by atoms with van der Waals surface area (Å²) in [5, 5.41) is 3.46. The summed E-state index contributed by atoms with van der Waals surface area (Å²) in [6.45, 7) is 5.34. The molecule has 0 aromatic heterocycles. The van der Waals surface area contributed by atoms with Crippen LogP contribution in [0.3, 0.4) is 0 Å². The molecule has 2 heteroatoms. The SMILES string of the molecule is C1CC(CN2CC3CCC2C3)CCN1. The molecule has 2 atom stereocenters. The van der Waals surface area contributed by atoms with Crippen molar-refractivity contribution in [3.8, 4) is 0 Å². The summed E-state index contributed by atoms with van der Waals surface area (Å²) >= 11 is 0. The molecule has 2 heterocycles. The summed E-state index contributed by atoms with van der Waals surface area (Å²) in [6, 6.07) is 0.981. The first-order valence-corrected chi connectivity index (χ1v) is 6.36. The van der Waals surface area contributed by atoms with Gasteiger partial charge in [-0.25, -0.2) is 0 Å². The van der Waals surface area contributed by atoms with E-state index in [9.17, 15) is 0 Å². The molecule has 0 amide bonds. The van der Waals surface area contributed by atoms with E-state index in [0.29, 0.717) is 0 Å². The molecule has 3 aliphatic rings. The zero-order valence-corrected chi connectivity index (χ0v) is 9.04. The predicted octanol–water partition coefficient (Wildman–Crippen LogP) is 1.47. The van der Waals surface area contributed by atoms with Gasteiger partial charge in [0.25, 0.3) is 0 Å². The molecule has 2 saturated heterocycles. The Hall–Kier alpha value is -0.0800. The highest BCUT2D eigenvalue weighted by atomic mass is 15.2. The maximum absolute atomic E-state index is 3.46. The van der Waals surface area contributed by atoms with Crippen LogP contribution in [0.15, 0.2) is 0 Å². The minimum atomic E-state index is 0.981. The lowest BCUT2D eigenvalue weighted by Crippen LogP contribution is -2.39. The first-order valence-electron chi connectivity index (χ1n) is 6.36. The zero-order chi connectivity index (χ0) is 9.38. The smallest absolute Gasteiger partial charge is 0.00987 e. The van der Waals surface area contributed by atoms with Crippen molar-refractivity contribution in [3.05, 3.63) is 0 Å². The van der Waals surface area contributed by atoms with Crippen LogP contribution in [0, 0.1) is 11.8 Å². The monoisotopic (exact) mass is 194 g/mol. The van der Waals surface area contributed by atoms with Gasteiger partial charge in [0.05, 0.1) is 0 Å². The molecule has 3 fully saturated rings. The van der Waals surface area contributed by atoms with Gasteiger partial charge in [0.1, 0.15) is 0 Å². The van der Waals surface area contributed by atoms with Crippen LogP contribution in [-0.2, 0) is 0 Å². The average Bonchev–Trinajstić information content (AvgIpc) is 2.81. The molecule has 2 bridgehead atoms. The number of fused-ring (bicyclic) bond motifs is 2. The molecule has 0 aromatic carbocycles.